The van der Waals surface area contributed by atoms with Gasteiger partial charge in [0.15, 0.2) is 12.6 Å². The van der Waals surface area contributed by atoms with Crippen LogP contribution in [0.2, 0.25) is 0 Å². The van der Waals surface area contributed by atoms with E-state index in [1.54, 1.807) is 13.8 Å². The average molecular weight is 530 g/mol. The Morgan fingerprint density at radius 1 is 1.25 bits per heavy atom. The maximum Gasteiger partial charge on any atom is 0.422 e. The molecule has 0 spiro atoms. The molecule has 1 aromatic heterocycles. The van der Waals surface area contributed by atoms with Gasteiger partial charge in [0.05, 0.1) is 11.7 Å². The van der Waals surface area contributed by atoms with Crippen molar-refractivity contribution in [3.05, 3.63) is 53.6 Å². The molecule has 0 saturated carbocycles. The van der Waals surface area contributed by atoms with E-state index in [1.807, 2.05) is 0 Å². The fraction of sp³-hybridized carbons (Fsp3) is 0.409. The molecule has 196 valence electrons. The molecule has 36 heavy (non-hydrogen) atoms. The number of nitrogens with zero attached hydrogens (tertiary/aromatic N) is 4. The van der Waals surface area contributed by atoms with Crippen molar-refractivity contribution in [3.63, 3.8) is 0 Å². The number of pyridine rings is 1. The molecule has 1 aliphatic heterocycles. The van der Waals surface area contributed by atoms with Gasteiger partial charge in [0.1, 0.15) is 17.3 Å². The molecule has 3 rings (SSSR count). The highest BCUT2D eigenvalue weighted by Crippen LogP contribution is 2.30. The molecule has 1 aromatic carbocycles. The lowest BCUT2D eigenvalue weighted by Crippen LogP contribution is -2.38. The van der Waals surface area contributed by atoms with Gasteiger partial charge in [0.2, 0.25) is 0 Å². The zero-order valence-electron chi connectivity index (χ0n) is 19.5. The van der Waals surface area contributed by atoms with Crippen LogP contribution in [0.4, 0.5) is 23.2 Å². The van der Waals surface area contributed by atoms with Crippen LogP contribution in [0.15, 0.2) is 45.9 Å². The number of nitrogens with two attached hydrogens (primary N) is 1. The number of ether oxygens (including phenoxy) is 1. The van der Waals surface area contributed by atoms with Crippen molar-refractivity contribution in [1.82, 2.24) is 9.29 Å². The largest absolute Gasteiger partial charge is 0.483 e. The molecule has 0 radical (unpaired) electrons. The second-order valence-electron chi connectivity index (χ2n) is 8.35. The minimum Gasteiger partial charge on any atom is -0.483 e. The van der Waals surface area contributed by atoms with Crippen molar-refractivity contribution in [1.29, 1.82) is 0 Å². The van der Waals surface area contributed by atoms with Crippen molar-refractivity contribution >= 4 is 28.3 Å². The number of anilines is 1. The zero-order valence-corrected chi connectivity index (χ0v) is 20.3. The van der Waals surface area contributed by atoms with Crippen molar-refractivity contribution < 1.29 is 31.3 Å². The number of carbonyl (C=O) groups excluding carboxylic acids is 1. The Morgan fingerprint density at radius 3 is 2.67 bits per heavy atom. The van der Waals surface area contributed by atoms with Crippen LogP contribution in [0.1, 0.15) is 42.7 Å². The second-order valence-corrected chi connectivity index (χ2v) is 9.51. The number of aliphatic imine (C=N–C) groups is 1. The predicted molar refractivity (Wildman–Crippen MR) is 126 cm³/mol. The molecule has 14 heteroatoms. The number of aromatic nitrogens is 1. The van der Waals surface area contributed by atoms with Gasteiger partial charge in [-0.25, -0.2) is 14.4 Å². The number of halogens is 4. The molecule has 0 atom stereocenters. The molecular weight excluding hydrogens is 504 g/mol. The third-order valence-corrected chi connectivity index (χ3v) is 6.21. The van der Waals surface area contributed by atoms with E-state index >= 15 is 0 Å². The second kappa shape index (κ2) is 11.1. The van der Waals surface area contributed by atoms with Gasteiger partial charge < -0.3 is 28.7 Å². The minimum atomic E-state index is -4.50. The lowest BCUT2D eigenvalue weighted by molar-refractivity contribution is -0.153. The number of benzene rings is 1. The molecule has 1 aliphatic rings. The standard InChI is InChI=1S/C22H25F4N6O3S/c1-21(2,31-20(27)32-10-4-3-9-29-36(32)34)16-11-14(5-7-17(16)23)30-19(33)18-8-6-15(12-28-18)35-13-22(24,25)26/h5-8,11-12H,3-4,9-10,13H2,1-2H3,(H2,27,31)(H,30,33)/q-1. The number of hydrogen-bond acceptors (Lipinski definition) is 7. The Hall–Kier alpha value is -3.42. The molecule has 0 unspecified atom stereocenters. The van der Waals surface area contributed by atoms with E-state index < -0.39 is 40.8 Å². The monoisotopic (exact) mass is 529 g/mol. The van der Waals surface area contributed by atoms with Crippen LogP contribution in [-0.4, -0.2) is 47.0 Å². The molecule has 2 heterocycles. The Kier molecular flexibility index (Phi) is 8.38. The van der Waals surface area contributed by atoms with E-state index in [2.05, 4.69) is 24.4 Å². The third-order valence-electron chi connectivity index (χ3n) is 5.06. The quantitative estimate of drug-likeness (QED) is 0.252. The summed E-state index contributed by atoms with van der Waals surface area (Å²) in [6.45, 7) is 2.59. The topological polar surface area (TPSA) is 122 Å². The van der Waals surface area contributed by atoms with Gasteiger partial charge in [-0.15, -0.1) is 0 Å². The van der Waals surface area contributed by atoms with Gasteiger partial charge in [-0.3, -0.25) is 4.79 Å². The highest BCUT2D eigenvalue weighted by molar-refractivity contribution is 7.72. The lowest BCUT2D eigenvalue weighted by Gasteiger charge is -2.30. The molecular formula is C22H25F4N6O3S-. The van der Waals surface area contributed by atoms with Gasteiger partial charge in [-0.1, -0.05) is 10.8 Å². The summed E-state index contributed by atoms with van der Waals surface area (Å²) in [5.74, 6) is -1.46. The summed E-state index contributed by atoms with van der Waals surface area (Å²) < 4.78 is 73.7. The van der Waals surface area contributed by atoms with Crippen LogP contribution in [0.25, 0.3) is 0 Å². The Morgan fingerprint density at radius 2 is 2.00 bits per heavy atom. The first kappa shape index (κ1) is 27.2. The summed E-state index contributed by atoms with van der Waals surface area (Å²) in [5, 5.41) is 2.56. The first-order valence-electron chi connectivity index (χ1n) is 10.8. The first-order chi connectivity index (χ1) is 16.9. The number of carbonyl (C=O) groups is 1. The normalized spacial score (nSPS) is 15.7. The van der Waals surface area contributed by atoms with E-state index in [1.165, 1.54) is 28.6 Å². The summed E-state index contributed by atoms with van der Waals surface area (Å²) in [7, 11) is -1.68. The number of amides is 1. The molecule has 3 N–H and O–H groups in total. The highest BCUT2D eigenvalue weighted by Gasteiger charge is 2.28. The van der Waals surface area contributed by atoms with Gasteiger partial charge in [0.25, 0.3) is 5.91 Å². The predicted octanol–water partition coefficient (Wildman–Crippen LogP) is 4.12. The SMILES string of the molecule is CC(C)(N=C(N)N1CCCCN=[S-]1=O)c1cc(NC(=O)c2ccc(OCC(F)(F)F)cn2)ccc1F. The summed E-state index contributed by atoms with van der Waals surface area (Å²) in [4.78, 5) is 20.8. The van der Waals surface area contributed by atoms with E-state index in [4.69, 9.17) is 5.73 Å². The molecule has 0 saturated heterocycles. The number of rotatable bonds is 6. The van der Waals surface area contributed by atoms with Gasteiger partial charge >= 0.3 is 6.18 Å². The molecule has 0 bridgehead atoms. The van der Waals surface area contributed by atoms with Crippen LogP contribution in [-0.2, 0) is 20.5 Å². The third kappa shape index (κ3) is 7.29. The Bertz CT molecular complexity index is 1210. The maximum absolute atomic E-state index is 14.7. The van der Waals surface area contributed by atoms with Crippen molar-refractivity contribution in [2.75, 3.05) is 25.0 Å². The van der Waals surface area contributed by atoms with E-state index in [9.17, 15) is 26.6 Å². The van der Waals surface area contributed by atoms with E-state index in [-0.39, 0.29) is 28.7 Å². The number of guanidine groups is 1. The molecule has 1 amide bonds. The fourth-order valence-electron chi connectivity index (χ4n) is 3.29. The van der Waals surface area contributed by atoms with E-state index in [0.29, 0.717) is 13.1 Å². The van der Waals surface area contributed by atoms with E-state index in [0.717, 1.165) is 25.1 Å². The molecule has 0 aliphatic carbocycles. The zero-order chi connectivity index (χ0) is 26.5. The fourth-order valence-corrected chi connectivity index (χ4v) is 4.20. The highest BCUT2D eigenvalue weighted by atomic mass is 32.2. The maximum atomic E-state index is 14.7. The van der Waals surface area contributed by atoms with Crippen molar-refractivity contribution in [2.24, 2.45) is 15.1 Å². The minimum absolute atomic E-state index is 0.0464. The van der Waals surface area contributed by atoms with Gasteiger partial charge in [-0.05, 0) is 57.0 Å². The van der Waals surface area contributed by atoms with Crippen LogP contribution in [0, 0.1) is 5.82 Å². The van der Waals surface area contributed by atoms with Gasteiger partial charge in [-0.2, -0.15) is 13.2 Å². The Balaban J connectivity index is 1.76. The van der Waals surface area contributed by atoms with Gasteiger partial charge in [0, 0.05) is 24.3 Å². The smallest absolute Gasteiger partial charge is 0.422 e. The van der Waals surface area contributed by atoms with Crippen molar-refractivity contribution in [3.8, 4) is 5.75 Å². The Labute approximate surface area is 207 Å². The molecule has 2 aromatic rings. The summed E-state index contributed by atoms with van der Waals surface area (Å²) in [6, 6.07) is 6.26. The van der Waals surface area contributed by atoms with Crippen LogP contribution in [0.3, 0.4) is 0 Å². The summed E-state index contributed by atoms with van der Waals surface area (Å²) in [5.41, 5.74) is 5.14. The number of hydrogen-bond donors (Lipinski definition) is 2. The van der Waals surface area contributed by atoms with Crippen molar-refractivity contribution in [2.45, 2.75) is 38.4 Å². The first-order valence-corrected chi connectivity index (χ1v) is 11.9. The van der Waals surface area contributed by atoms with Crippen LogP contribution in [0.5, 0.6) is 5.75 Å². The van der Waals surface area contributed by atoms with Crippen LogP contribution >= 0.6 is 0 Å². The number of alkyl halides is 3. The summed E-state index contributed by atoms with van der Waals surface area (Å²) >= 11 is 0. The van der Waals surface area contributed by atoms with Crippen LogP contribution < -0.4 is 15.8 Å². The average Bonchev–Trinajstić information content (AvgIpc) is 3.02. The summed E-state index contributed by atoms with van der Waals surface area (Å²) in [6.07, 6.45) is -2.01. The molecule has 9 nitrogen and oxygen atoms in total. The lowest BCUT2D eigenvalue weighted by atomic mass is 9.94. The number of nitrogens with one attached hydrogen (secondary N) is 1. The molecule has 0 fully saturated rings.